The Bertz CT molecular complexity index is 1600. The van der Waals surface area contributed by atoms with Crippen LogP contribution in [0.2, 0.25) is 0 Å². The number of primary amides is 1. The quantitative estimate of drug-likeness (QED) is 0.109. The molecule has 0 saturated heterocycles. The van der Waals surface area contributed by atoms with Crippen molar-refractivity contribution < 1.29 is 38.9 Å². The maximum Gasteiger partial charge on any atom is 0.407 e. The Morgan fingerprint density at radius 3 is 2.04 bits per heavy atom. The fourth-order valence-corrected chi connectivity index (χ4v) is 5.41. The lowest BCUT2D eigenvalue weighted by molar-refractivity contribution is -0.127. The molecule has 0 fully saturated rings. The van der Waals surface area contributed by atoms with Gasteiger partial charge in [0.05, 0.1) is 24.9 Å². The first-order valence-corrected chi connectivity index (χ1v) is 16.4. The smallest absolute Gasteiger partial charge is 0.407 e. The van der Waals surface area contributed by atoms with Gasteiger partial charge in [0.1, 0.15) is 12.1 Å². The summed E-state index contributed by atoms with van der Waals surface area (Å²) in [5.74, 6) is -1.32. The highest BCUT2D eigenvalue weighted by atomic mass is 16.5. The summed E-state index contributed by atoms with van der Waals surface area (Å²) in [4.78, 5) is 66.5. The Labute approximate surface area is 296 Å². The number of urea groups is 1. The molecule has 6 amide bonds. The van der Waals surface area contributed by atoms with Gasteiger partial charge in [0.2, 0.25) is 11.8 Å². The van der Waals surface area contributed by atoms with Gasteiger partial charge in [-0.2, -0.15) is 0 Å². The lowest BCUT2D eigenvalue weighted by atomic mass is 9.85. The minimum Gasteiger partial charge on any atom is -0.465 e. The first kappa shape index (κ1) is 39.7. The number of carboxylic acid groups (broad SMARTS) is 1. The molecule has 0 aliphatic heterocycles. The Morgan fingerprint density at radius 2 is 1.47 bits per heavy atom. The number of carbonyl (C=O) groups is 5. The van der Waals surface area contributed by atoms with Crippen molar-refractivity contribution in [3.63, 3.8) is 0 Å². The maximum absolute atomic E-state index is 13.8. The van der Waals surface area contributed by atoms with E-state index in [1.165, 1.54) is 7.11 Å². The number of aliphatic hydroxyl groups excluding tert-OH is 1. The third kappa shape index (κ3) is 13.3. The van der Waals surface area contributed by atoms with E-state index in [-0.39, 0.29) is 19.3 Å². The van der Waals surface area contributed by atoms with Crippen LogP contribution in [-0.4, -0.2) is 89.2 Å². The SMILES string of the molecule is COC(=O)N[C@H](C(=O)N[C@@H](Cc1ccc(-c2ccccn2)cc1)CC(O)[C@H](Cc1ccccc1)NC(=O)[C@H](CNC(N)=O)NC(=O)O)C(C)(C)C. The molecular formula is C36H47N7O8. The Morgan fingerprint density at radius 1 is 0.824 bits per heavy atom. The van der Waals surface area contributed by atoms with Gasteiger partial charge in [-0.15, -0.1) is 0 Å². The molecular weight excluding hydrogens is 658 g/mol. The van der Waals surface area contributed by atoms with Gasteiger partial charge in [-0.25, -0.2) is 14.4 Å². The van der Waals surface area contributed by atoms with Gasteiger partial charge in [0.15, 0.2) is 0 Å². The van der Waals surface area contributed by atoms with Crippen molar-refractivity contribution in [2.75, 3.05) is 13.7 Å². The van der Waals surface area contributed by atoms with Crippen LogP contribution in [-0.2, 0) is 27.2 Å². The van der Waals surface area contributed by atoms with Crippen LogP contribution < -0.4 is 32.3 Å². The summed E-state index contributed by atoms with van der Waals surface area (Å²) in [6.07, 6.45) is -1.52. The van der Waals surface area contributed by atoms with Gasteiger partial charge in [-0.3, -0.25) is 14.6 Å². The Hall–Kier alpha value is -5.70. The number of aliphatic hydroxyl groups is 1. The fraction of sp³-hybridized carbons (Fsp3) is 0.389. The molecule has 2 aromatic carbocycles. The van der Waals surface area contributed by atoms with E-state index >= 15 is 0 Å². The molecule has 274 valence electrons. The lowest BCUT2D eigenvalue weighted by Crippen LogP contribution is -2.58. The number of hydrogen-bond acceptors (Lipinski definition) is 8. The summed E-state index contributed by atoms with van der Waals surface area (Å²) < 4.78 is 4.75. The summed E-state index contributed by atoms with van der Waals surface area (Å²) in [6, 6.07) is 17.1. The van der Waals surface area contributed by atoms with E-state index in [4.69, 9.17) is 10.5 Å². The van der Waals surface area contributed by atoms with Crippen LogP contribution in [0, 0.1) is 5.41 Å². The molecule has 0 bridgehead atoms. The van der Waals surface area contributed by atoms with E-state index in [0.29, 0.717) is 0 Å². The van der Waals surface area contributed by atoms with Gasteiger partial charge >= 0.3 is 18.2 Å². The molecule has 0 radical (unpaired) electrons. The monoisotopic (exact) mass is 705 g/mol. The Balaban J connectivity index is 1.93. The summed E-state index contributed by atoms with van der Waals surface area (Å²) in [6.45, 7) is 4.92. The highest BCUT2D eigenvalue weighted by molar-refractivity contribution is 5.87. The molecule has 1 aromatic heterocycles. The average molecular weight is 706 g/mol. The molecule has 51 heavy (non-hydrogen) atoms. The second-order valence-electron chi connectivity index (χ2n) is 13.1. The number of rotatable bonds is 16. The van der Waals surface area contributed by atoms with Gasteiger partial charge in [-0.05, 0) is 47.9 Å². The van der Waals surface area contributed by atoms with Crippen LogP contribution in [0.5, 0.6) is 0 Å². The van der Waals surface area contributed by atoms with Crippen LogP contribution >= 0.6 is 0 Å². The van der Waals surface area contributed by atoms with Gasteiger partial charge in [-0.1, -0.05) is 81.4 Å². The zero-order chi connectivity index (χ0) is 37.6. The number of hydrogen-bond donors (Lipinski definition) is 8. The van der Waals surface area contributed by atoms with Crippen molar-refractivity contribution in [1.29, 1.82) is 0 Å². The van der Waals surface area contributed by atoms with E-state index in [2.05, 4.69) is 31.6 Å². The van der Waals surface area contributed by atoms with Crippen LogP contribution in [0.15, 0.2) is 79.0 Å². The zero-order valence-electron chi connectivity index (χ0n) is 29.1. The first-order chi connectivity index (χ1) is 24.2. The predicted octanol–water partition coefficient (Wildman–Crippen LogP) is 2.33. The summed E-state index contributed by atoms with van der Waals surface area (Å²) >= 11 is 0. The lowest BCUT2D eigenvalue weighted by Gasteiger charge is -2.33. The number of nitrogens with one attached hydrogen (secondary N) is 5. The zero-order valence-corrected chi connectivity index (χ0v) is 29.1. The minimum absolute atomic E-state index is 0.0584. The molecule has 15 nitrogen and oxygen atoms in total. The van der Waals surface area contributed by atoms with Gasteiger partial charge < -0.3 is 47.3 Å². The number of aromatic nitrogens is 1. The van der Waals surface area contributed by atoms with E-state index in [9.17, 15) is 34.2 Å². The number of ether oxygens (including phenoxy) is 1. The number of amides is 6. The van der Waals surface area contributed by atoms with Crippen molar-refractivity contribution in [2.24, 2.45) is 11.1 Å². The maximum atomic E-state index is 13.8. The predicted molar refractivity (Wildman–Crippen MR) is 189 cm³/mol. The molecule has 5 atom stereocenters. The van der Waals surface area contributed by atoms with Crippen molar-refractivity contribution >= 4 is 30.0 Å². The van der Waals surface area contributed by atoms with Crippen molar-refractivity contribution in [3.05, 3.63) is 90.1 Å². The van der Waals surface area contributed by atoms with Crippen LogP contribution in [0.25, 0.3) is 11.3 Å². The molecule has 3 aromatic rings. The first-order valence-electron chi connectivity index (χ1n) is 16.4. The molecule has 1 heterocycles. The van der Waals surface area contributed by atoms with Crippen molar-refractivity contribution in [1.82, 2.24) is 31.6 Å². The molecule has 0 saturated carbocycles. The molecule has 15 heteroatoms. The van der Waals surface area contributed by atoms with E-state index < -0.39 is 72.3 Å². The molecule has 9 N–H and O–H groups in total. The average Bonchev–Trinajstić information content (AvgIpc) is 3.08. The number of methoxy groups -OCH3 is 1. The number of nitrogens with two attached hydrogens (primary N) is 1. The van der Waals surface area contributed by atoms with Gasteiger partial charge in [0, 0.05) is 24.3 Å². The van der Waals surface area contributed by atoms with E-state index in [0.717, 1.165) is 22.4 Å². The van der Waals surface area contributed by atoms with Crippen LogP contribution in [0.3, 0.4) is 0 Å². The molecule has 0 aliphatic rings. The minimum atomic E-state index is -1.51. The van der Waals surface area contributed by atoms with E-state index in [1.807, 2.05) is 60.7 Å². The largest absolute Gasteiger partial charge is 0.465 e. The molecule has 0 aliphatic carbocycles. The molecule has 3 rings (SSSR count). The third-order valence-electron chi connectivity index (χ3n) is 8.03. The third-order valence-corrected chi connectivity index (χ3v) is 8.03. The molecule has 0 spiro atoms. The number of nitrogens with zero attached hydrogens (tertiary/aromatic N) is 1. The summed E-state index contributed by atoms with van der Waals surface area (Å²) in [5.41, 5.74) is 7.68. The summed E-state index contributed by atoms with van der Waals surface area (Å²) in [7, 11) is 1.20. The summed E-state index contributed by atoms with van der Waals surface area (Å²) in [5, 5.41) is 33.6. The Kier molecular flexibility index (Phi) is 14.7. The highest BCUT2D eigenvalue weighted by Gasteiger charge is 2.35. The number of alkyl carbamates (subject to hydrolysis) is 1. The number of pyridine rings is 1. The second-order valence-corrected chi connectivity index (χ2v) is 13.1. The number of carbonyl (C=O) groups excluding carboxylic acids is 4. The molecule has 1 unspecified atom stereocenters. The van der Waals surface area contributed by atoms with Crippen molar-refractivity contribution in [2.45, 2.75) is 70.3 Å². The van der Waals surface area contributed by atoms with Crippen LogP contribution in [0.4, 0.5) is 14.4 Å². The second kappa shape index (κ2) is 18.9. The number of benzene rings is 2. The van der Waals surface area contributed by atoms with Gasteiger partial charge in [0.25, 0.3) is 0 Å². The van der Waals surface area contributed by atoms with Crippen molar-refractivity contribution in [3.8, 4) is 11.3 Å². The fourth-order valence-electron chi connectivity index (χ4n) is 5.41. The standard InChI is InChI=1S/C36H47N7O8/c1-36(2,3)30(43-35(50)51-4)32(46)40-25(18-23-13-15-24(16-14-23)26-12-8-9-17-38-26)20-29(44)27(19-22-10-6-5-7-11-22)41-31(45)28(42-34(48)49)21-39-33(37)47/h5-17,25,27-30,42,44H,18-21H2,1-4H3,(H,40,46)(H,41,45)(H,43,50)(H,48,49)(H3,37,39,47)/t25-,27-,28-,29?,30+/m0/s1. The van der Waals surface area contributed by atoms with E-state index in [1.54, 1.807) is 39.1 Å². The normalized spacial score (nSPS) is 14.1. The highest BCUT2D eigenvalue weighted by Crippen LogP contribution is 2.22. The van der Waals surface area contributed by atoms with Crippen LogP contribution in [0.1, 0.15) is 38.3 Å². The topological polar surface area (TPSA) is 234 Å².